The molecule has 0 aliphatic carbocycles. The number of hydrogen-bond acceptors (Lipinski definition) is 5. The first-order chi connectivity index (χ1) is 16.1. The molecule has 0 aromatic heterocycles. The zero-order chi connectivity index (χ0) is 23.0. The van der Waals surface area contributed by atoms with Crippen LogP contribution in [0.4, 0.5) is 5.69 Å². The first kappa shape index (κ1) is 22.4. The standard InChI is InChI=1S/C27H28N2O4/c1-32-26-17-21(18-28-23-7-3-4-8-24(23)30)11-14-25(26)33-19-20-9-12-22(13-10-20)27(31)29-15-5-2-6-16-29/h3-4,7-14,17-18,30H,2,5-6,15-16,19H2,1H3. The number of carbonyl (C=O) groups is 1. The Morgan fingerprint density at radius 1 is 1.00 bits per heavy atom. The third-order valence-corrected chi connectivity index (χ3v) is 5.66. The van der Waals surface area contributed by atoms with Crippen LogP contribution < -0.4 is 9.47 Å². The number of phenols is 1. The highest BCUT2D eigenvalue weighted by atomic mass is 16.5. The van der Waals surface area contributed by atoms with Crippen LogP contribution in [0.25, 0.3) is 0 Å². The van der Waals surface area contributed by atoms with Crippen LogP contribution in [0, 0.1) is 0 Å². The third-order valence-electron chi connectivity index (χ3n) is 5.66. The summed E-state index contributed by atoms with van der Waals surface area (Å²) in [7, 11) is 1.59. The van der Waals surface area contributed by atoms with Gasteiger partial charge in [-0.3, -0.25) is 9.79 Å². The van der Waals surface area contributed by atoms with Crippen LogP contribution in [0.1, 0.15) is 40.7 Å². The van der Waals surface area contributed by atoms with Gasteiger partial charge in [0.25, 0.3) is 5.91 Å². The van der Waals surface area contributed by atoms with Gasteiger partial charge in [0.2, 0.25) is 0 Å². The maximum atomic E-state index is 12.6. The molecule has 3 aromatic carbocycles. The van der Waals surface area contributed by atoms with Gasteiger partial charge in [-0.1, -0.05) is 24.3 Å². The number of aromatic hydroxyl groups is 1. The van der Waals surface area contributed by atoms with Crippen LogP contribution in [0.5, 0.6) is 17.2 Å². The molecule has 1 fully saturated rings. The summed E-state index contributed by atoms with van der Waals surface area (Å²) in [5.74, 6) is 1.44. The molecule has 4 rings (SSSR count). The van der Waals surface area contributed by atoms with Crippen LogP contribution in [0.15, 0.2) is 71.7 Å². The van der Waals surface area contributed by atoms with E-state index in [1.165, 1.54) is 6.42 Å². The van der Waals surface area contributed by atoms with Crippen LogP contribution >= 0.6 is 0 Å². The number of methoxy groups -OCH3 is 1. The lowest BCUT2D eigenvalue weighted by atomic mass is 10.1. The summed E-state index contributed by atoms with van der Waals surface area (Å²) in [6.07, 6.45) is 5.03. The number of benzene rings is 3. The molecule has 3 aromatic rings. The van der Waals surface area contributed by atoms with Crippen LogP contribution in [-0.2, 0) is 6.61 Å². The molecule has 6 heteroatoms. The number of para-hydroxylation sites is 2. The Hall–Kier alpha value is -3.80. The molecule has 33 heavy (non-hydrogen) atoms. The summed E-state index contributed by atoms with van der Waals surface area (Å²) in [5, 5.41) is 9.85. The number of likely N-dealkylation sites (tertiary alicyclic amines) is 1. The van der Waals surface area contributed by atoms with Gasteiger partial charge < -0.3 is 19.5 Å². The third kappa shape index (κ3) is 5.71. The molecule has 1 amide bonds. The summed E-state index contributed by atoms with van der Waals surface area (Å²) >= 11 is 0. The van der Waals surface area contributed by atoms with E-state index < -0.39 is 0 Å². The first-order valence-corrected chi connectivity index (χ1v) is 11.1. The van der Waals surface area contributed by atoms with Gasteiger partial charge in [0.15, 0.2) is 11.5 Å². The zero-order valence-electron chi connectivity index (χ0n) is 18.7. The number of carbonyl (C=O) groups excluding carboxylic acids is 1. The van der Waals surface area contributed by atoms with Crippen molar-refractivity contribution >= 4 is 17.8 Å². The van der Waals surface area contributed by atoms with Gasteiger partial charge in [-0.15, -0.1) is 0 Å². The van der Waals surface area contributed by atoms with Crippen molar-refractivity contribution in [1.82, 2.24) is 4.90 Å². The minimum absolute atomic E-state index is 0.102. The van der Waals surface area contributed by atoms with E-state index in [-0.39, 0.29) is 11.7 Å². The number of ether oxygens (including phenoxy) is 2. The molecular formula is C27H28N2O4. The van der Waals surface area contributed by atoms with E-state index >= 15 is 0 Å². The summed E-state index contributed by atoms with van der Waals surface area (Å²) in [6, 6.07) is 20.0. The lowest BCUT2D eigenvalue weighted by Gasteiger charge is -2.26. The molecule has 0 unspecified atom stereocenters. The van der Waals surface area contributed by atoms with Crippen molar-refractivity contribution in [2.24, 2.45) is 4.99 Å². The van der Waals surface area contributed by atoms with Gasteiger partial charge in [-0.05, 0) is 72.9 Å². The number of rotatable bonds is 7. The van der Waals surface area contributed by atoms with Gasteiger partial charge in [-0.2, -0.15) is 0 Å². The lowest BCUT2D eigenvalue weighted by Crippen LogP contribution is -2.35. The number of piperidine rings is 1. The molecular weight excluding hydrogens is 416 g/mol. The molecule has 1 heterocycles. The molecule has 6 nitrogen and oxygen atoms in total. The minimum atomic E-state index is 0.102. The highest BCUT2D eigenvalue weighted by molar-refractivity contribution is 5.94. The Labute approximate surface area is 194 Å². The average Bonchev–Trinajstić information content (AvgIpc) is 2.87. The van der Waals surface area contributed by atoms with Crippen molar-refractivity contribution in [3.05, 3.63) is 83.4 Å². The Morgan fingerprint density at radius 3 is 2.48 bits per heavy atom. The predicted molar refractivity (Wildman–Crippen MR) is 129 cm³/mol. The summed E-state index contributed by atoms with van der Waals surface area (Å²) in [5.41, 5.74) is 3.01. The molecule has 0 spiro atoms. The summed E-state index contributed by atoms with van der Waals surface area (Å²) < 4.78 is 11.4. The second-order valence-electron chi connectivity index (χ2n) is 8.00. The summed E-state index contributed by atoms with van der Waals surface area (Å²) in [6.45, 7) is 2.05. The van der Waals surface area contributed by atoms with Gasteiger partial charge in [0, 0.05) is 24.9 Å². The van der Waals surface area contributed by atoms with Gasteiger partial charge in [-0.25, -0.2) is 0 Å². The Bertz CT molecular complexity index is 1120. The van der Waals surface area contributed by atoms with Crippen molar-refractivity contribution in [2.45, 2.75) is 25.9 Å². The predicted octanol–water partition coefficient (Wildman–Crippen LogP) is 5.36. The maximum Gasteiger partial charge on any atom is 0.253 e. The number of phenolic OH excluding ortho intramolecular Hbond substituents is 1. The normalized spacial score (nSPS) is 13.8. The van der Waals surface area contributed by atoms with E-state index in [4.69, 9.17) is 9.47 Å². The topological polar surface area (TPSA) is 71.4 Å². The fourth-order valence-corrected chi connectivity index (χ4v) is 3.79. The molecule has 1 aliphatic heterocycles. The Balaban J connectivity index is 1.38. The van der Waals surface area contributed by atoms with Gasteiger partial charge in [0.05, 0.1) is 7.11 Å². The van der Waals surface area contributed by atoms with E-state index in [9.17, 15) is 9.90 Å². The SMILES string of the molecule is COc1cc(C=Nc2ccccc2O)ccc1OCc1ccc(C(=O)N2CCCCC2)cc1. The lowest BCUT2D eigenvalue weighted by molar-refractivity contribution is 0.0724. The van der Waals surface area contributed by atoms with E-state index in [1.807, 2.05) is 53.4 Å². The molecule has 1 saturated heterocycles. The molecule has 0 atom stereocenters. The van der Waals surface area contributed by atoms with Gasteiger partial charge in [0.1, 0.15) is 18.0 Å². The van der Waals surface area contributed by atoms with Crippen LogP contribution in [0.2, 0.25) is 0 Å². The van der Waals surface area contributed by atoms with Crippen LogP contribution in [-0.4, -0.2) is 42.3 Å². The molecule has 0 radical (unpaired) electrons. The Morgan fingerprint density at radius 2 is 1.76 bits per heavy atom. The van der Waals surface area contributed by atoms with Crippen LogP contribution in [0.3, 0.4) is 0 Å². The maximum absolute atomic E-state index is 12.6. The second kappa shape index (κ2) is 10.7. The Kier molecular flexibility index (Phi) is 7.25. The van der Waals surface area contributed by atoms with Crippen molar-refractivity contribution < 1.29 is 19.4 Å². The first-order valence-electron chi connectivity index (χ1n) is 11.1. The number of amides is 1. The van der Waals surface area contributed by atoms with Gasteiger partial charge >= 0.3 is 0 Å². The summed E-state index contributed by atoms with van der Waals surface area (Å²) in [4.78, 5) is 18.9. The van der Waals surface area contributed by atoms with E-state index in [1.54, 1.807) is 31.5 Å². The molecule has 1 aliphatic rings. The van der Waals surface area contributed by atoms with Crippen molar-refractivity contribution in [2.75, 3.05) is 20.2 Å². The smallest absolute Gasteiger partial charge is 0.253 e. The molecule has 170 valence electrons. The van der Waals surface area contributed by atoms with Crippen molar-refractivity contribution in [3.63, 3.8) is 0 Å². The van der Waals surface area contributed by atoms with Crippen molar-refractivity contribution in [1.29, 1.82) is 0 Å². The van der Waals surface area contributed by atoms with E-state index in [0.717, 1.165) is 37.1 Å². The monoisotopic (exact) mass is 444 g/mol. The fourth-order valence-electron chi connectivity index (χ4n) is 3.79. The number of nitrogens with zero attached hydrogens (tertiary/aromatic N) is 2. The molecule has 1 N–H and O–H groups in total. The highest BCUT2D eigenvalue weighted by Crippen LogP contribution is 2.29. The largest absolute Gasteiger partial charge is 0.506 e. The molecule has 0 bridgehead atoms. The quantitative estimate of drug-likeness (QED) is 0.498. The number of aliphatic imine (C=N–C) groups is 1. The van der Waals surface area contributed by atoms with Crippen molar-refractivity contribution in [3.8, 4) is 17.2 Å². The average molecular weight is 445 g/mol. The number of hydrogen-bond donors (Lipinski definition) is 1. The highest BCUT2D eigenvalue weighted by Gasteiger charge is 2.18. The van der Waals surface area contributed by atoms with E-state index in [2.05, 4.69) is 4.99 Å². The second-order valence-corrected chi connectivity index (χ2v) is 8.00. The van der Waals surface area contributed by atoms with E-state index in [0.29, 0.717) is 29.4 Å². The molecule has 0 saturated carbocycles. The zero-order valence-corrected chi connectivity index (χ0v) is 18.7. The minimum Gasteiger partial charge on any atom is -0.506 e. The fraction of sp³-hybridized carbons (Fsp3) is 0.259.